The lowest BCUT2D eigenvalue weighted by atomic mass is 10.1. The van der Waals surface area contributed by atoms with Crippen LogP contribution in [0.5, 0.6) is 0 Å². The highest BCUT2D eigenvalue weighted by Crippen LogP contribution is 2.11. The van der Waals surface area contributed by atoms with E-state index in [-0.39, 0.29) is 37.8 Å². The number of ether oxygens (including phenoxy) is 4. The van der Waals surface area contributed by atoms with Crippen LogP contribution in [0.3, 0.4) is 0 Å². The molecule has 0 aromatic heterocycles. The van der Waals surface area contributed by atoms with Crippen molar-refractivity contribution >= 4 is 47.1 Å². The largest absolute Gasteiger partial charge is 0.462 e. The van der Waals surface area contributed by atoms with Gasteiger partial charge in [-0.05, 0) is 26.7 Å². The Morgan fingerprint density at radius 1 is 0.633 bits per heavy atom. The van der Waals surface area contributed by atoms with Crippen LogP contribution < -0.4 is 0 Å². The number of carbonyl (C=O) groups is 4. The lowest BCUT2D eigenvalue weighted by Crippen LogP contribution is -2.26. The van der Waals surface area contributed by atoms with Gasteiger partial charge < -0.3 is 18.9 Å². The van der Waals surface area contributed by atoms with Crippen LogP contribution in [0, 0.1) is 0 Å². The SMILES string of the molecule is CC(OC(=O)CCCCCCCCC(=O)OC(C)C(=O)OCCCl)C(=O)OCCCl. The Balaban J connectivity index is 3.67. The molecule has 2 atom stereocenters. The maximum atomic E-state index is 11.7. The van der Waals surface area contributed by atoms with Gasteiger partial charge in [-0.25, -0.2) is 9.59 Å². The number of esters is 4. The van der Waals surface area contributed by atoms with Gasteiger partial charge in [-0.3, -0.25) is 9.59 Å². The molecule has 0 saturated heterocycles. The molecule has 0 bridgehead atoms. The average molecular weight is 471 g/mol. The summed E-state index contributed by atoms with van der Waals surface area (Å²) in [5.74, 6) is -1.71. The molecule has 0 aliphatic rings. The number of carbonyl (C=O) groups excluding carboxylic acids is 4. The van der Waals surface area contributed by atoms with Gasteiger partial charge in [-0.1, -0.05) is 25.7 Å². The third kappa shape index (κ3) is 15.3. The van der Waals surface area contributed by atoms with Crippen LogP contribution in [0.4, 0.5) is 0 Å². The van der Waals surface area contributed by atoms with E-state index in [0.29, 0.717) is 12.8 Å². The van der Waals surface area contributed by atoms with Crippen molar-refractivity contribution in [2.75, 3.05) is 25.0 Å². The van der Waals surface area contributed by atoms with Crippen molar-refractivity contribution in [2.24, 2.45) is 0 Å². The number of halogens is 2. The summed E-state index contributed by atoms with van der Waals surface area (Å²) in [5.41, 5.74) is 0. The van der Waals surface area contributed by atoms with E-state index in [9.17, 15) is 19.2 Å². The van der Waals surface area contributed by atoms with Gasteiger partial charge in [0.2, 0.25) is 0 Å². The average Bonchev–Trinajstić information content (AvgIpc) is 2.71. The molecule has 0 fully saturated rings. The minimum Gasteiger partial charge on any atom is -0.462 e. The second-order valence-electron chi connectivity index (χ2n) is 6.60. The molecular formula is C20H32Cl2O8. The molecule has 0 radical (unpaired) electrons. The summed E-state index contributed by atoms with van der Waals surface area (Å²) in [4.78, 5) is 46.3. The Hall–Kier alpha value is -1.54. The molecule has 0 aromatic rings. The van der Waals surface area contributed by atoms with Gasteiger partial charge in [0.15, 0.2) is 12.2 Å². The molecule has 174 valence electrons. The van der Waals surface area contributed by atoms with Crippen LogP contribution >= 0.6 is 23.2 Å². The van der Waals surface area contributed by atoms with Crippen LogP contribution in [0.25, 0.3) is 0 Å². The quantitative estimate of drug-likeness (QED) is 0.137. The third-order valence-corrected chi connectivity index (χ3v) is 4.24. The number of unbranched alkanes of at least 4 members (excludes halogenated alkanes) is 5. The van der Waals surface area contributed by atoms with Gasteiger partial charge in [0, 0.05) is 12.8 Å². The molecule has 0 saturated carbocycles. The first-order valence-electron chi connectivity index (χ1n) is 10.2. The van der Waals surface area contributed by atoms with E-state index in [1.165, 1.54) is 13.8 Å². The predicted octanol–water partition coefficient (Wildman–Crippen LogP) is 3.53. The highest BCUT2D eigenvalue weighted by Gasteiger charge is 2.19. The molecule has 30 heavy (non-hydrogen) atoms. The van der Waals surface area contributed by atoms with Crippen molar-refractivity contribution in [3.63, 3.8) is 0 Å². The fraction of sp³-hybridized carbons (Fsp3) is 0.800. The van der Waals surface area contributed by atoms with Crippen molar-refractivity contribution in [3.05, 3.63) is 0 Å². The van der Waals surface area contributed by atoms with E-state index in [4.69, 9.17) is 42.1 Å². The van der Waals surface area contributed by atoms with Crippen molar-refractivity contribution < 1.29 is 38.1 Å². The Morgan fingerprint density at radius 2 is 0.967 bits per heavy atom. The standard InChI is InChI=1S/C20H32Cl2O8/c1-15(19(25)27-13-11-21)29-17(23)9-7-5-3-4-6-8-10-18(24)30-16(2)20(26)28-14-12-22/h15-16H,3-14H2,1-2H3. The van der Waals surface area contributed by atoms with E-state index in [1.54, 1.807) is 0 Å². The van der Waals surface area contributed by atoms with Gasteiger partial charge in [-0.2, -0.15) is 0 Å². The van der Waals surface area contributed by atoms with Gasteiger partial charge in [0.1, 0.15) is 13.2 Å². The van der Waals surface area contributed by atoms with E-state index < -0.39 is 36.1 Å². The lowest BCUT2D eigenvalue weighted by molar-refractivity contribution is -0.166. The topological polar surface area (TPSA) is 105 Å². The Morgan fingerprint density at radius 3 is 1.30 bits per heavy atom. The number of hydrogen-bond acceptors (Lipinski definition) is 8. The van der Waals surface area contributed by atoms with Crippen LogP contribution in [0.2, 0.25) is 0 Å². The molecule has 0 aromatic carbocycles. The number of hydrogen-bond donors (Lipinski definition) is 0. The van der Waals surface area contributed by atoms with E-state index in [1.807, 2.05) is 0 Å². The summed E-state index contributed by atoms with van der Waals surface area (Å²) in [7, 11) is 0. The molecule has 0 N–H and O–H groups in total. The van der Waals surface area contributed by atoms with Crippen LogP contribution in [-0.2, 0) is 38.1 Å². The zero-order valence-corrected chi connectivity index (χ0v) is 19.2. The molecule has 2 unspecified atom stereocenters. The zero-order chi connectivity index (χ0) is 22.8. The zero-order valence-electron chi connectivity index (χ0n) is 17.7. The highest BCUT2D eigenvalue weighted by atomic mass is 35.5. The normalized spacial score (nSPS) is 12.5. The van der Waals surface area contributed by atoms with Gasteiger partial charge >= 0.3 is 23.9 Å². The van der Waals surface area contributed by atoms with E-state index in [0.717, 1.165) is 25.7 Å². The van der Waals surface area contributed by atoms with Crippen molar-refractivity contribution in [3.8, 4) is 0 Å². The van der Waals surface area contributed by atoms with Crippen LogP contribution in [0.1, 0.15) is 65.2 Å². The Labute approximate surface area is 187 Å². The molecule has 0 aliphatic carbocycles. The fourth-order valence-electron chi connectivity index (χ4n) is 2.37. The molecular weight excluding hydrogens is 439 g/mol. The summed E-state index contributed by atoms with van der Waals surface area (Å²) in [5, 5.41) is 0. The first kappa shape index (κ1) is 28.5. The monoisotopic (exact) mass is 470 g/mol. The molecule has 10 heteroatoms. The number of alkyl halides is 2. The molecule has 0 aliphatic heterocycles. The fourth-order valence-corrected chi connectivity index (χ4v) is 2.52. The first-order valence-corrected chi connectivity index (χ1v) is 11.2. The molecule has 0 amide bonds. The van der Waals surface area contributed by atoms with Crippen LogP contribution in [0.15, 0.2) is 0 Å². The molecule has 0 spiro atoms. The minimum absolute atomic E-state index is 0.0835. The Kier molecular flexibility index (Phi) is 17.3. The summed E-state index contributed by atoms with van der Waals surface area (Å²) >= 11 is 10.8. The van der Waals surface area contributed by atoms with Crippen molar-refractivity contribution in [1.82, 2.24) is 0 Å². The first-order chi connectivity index (χ1) is 14.3. The molecule has 8 nitrogen and oxygen atoms in total. The maximum Gasteiger partial charge on any atom is 0.347 e. The summed E-state index contributed by atoms with van der Waals surface area (Å²) in [6.07, 6.45) is 3.42. The lowest BCUT2D eigenvalue weighted by Gasteiger charge is -2.12. The molecule has 0 rings (SSSR count). The second-order valence-corrected chi connectivity index (χ2v) is 7.35. The number of rotatable bonds is 17. The predicted molar refractivity (Wildman–Crippen MR) is 111 cm³/mol. The minimum atomic E-state index is -0.939. The van der Waals surface area contributed by atoms with Crippen LogP contribution in [-0.4, -0.2) is 61.1 Å². The Bertz CT molecular complexity index is 481. The maximum absolute atomic E-state index is 11.7. The van der Waals surface area contributed by atoms with Crippen molar-refractivity contribution in [2.45, 2.75) is 77.4 Å². The second kappa shape index (κ2) is 18.2. The summed E-state index contributed by atoms with van der Waals surface area (Å²) < 4.78 is 19.6. The smallest absolute Gasteiger partial charge is 0.347 e. The third-order valence-electron chi connectivity index (χ3n) is 3.94. The van der Waals surface area contributed by atoms with Gasteiger partial charge in [0.25, 0.3) is 0 Å². The summed E-state index contributed by atoms with van der Waals surface area (Å²) in [6, 6.07) is 0. The highest BCUT2D eigenvalue weighted by molar-refractivity contribution is 6.18. The summed E-state index contributed by atoms with van der Waals surface area (Å²) in [6.45, 7) is 3.09. The van der Waals surface area contributed by atoms with Gasteiger partial charge in [0.05, 0.1) is 11.8 Å². The van der Waals surface area contributed by atoms with Crippen molar-refractivity contribution in [1.29, 1.82) is 0 Å². The van der Waals surface area contributed by atoms with Gasteiger partial charge in [-0.15, -0.1) is 23.2 Å². The van der Waals surface area contributed by atoms with E-state index >= 15 is 0 Å². The van der Waals surface area contributed by atoms with E-state index in [2.05, 4.69) is 0 Å². The molecule has 0 heterocycles.